The Labute approximate surface area is 404 Å². The van der Waals surface area contributed by atoms with Crippen LogP contribution in [0.15, 0.2) is 229 Å². The second-order valence-electron chi connectivity index (χ2n) is 18.3. The molecule has 4 heteroatoms. The highest BCUT2D eigenvalue weighted by atomic mass is 16.3. The average molecular weight is 896 g/mol. The highest BCUT2D eigenvalue weighted by Crippen LogP contribution is 2.41. The SMILES string of the molecule is C/C=c1\c(=C/C)n(-c2ccccc2)c2ccc(-c3ccc4c(c3)c3cc(-c5ccc6c(c5)c5ccccc5n6-c5ccccc5)ccc3n4-c3ccc(-c4cccc5c4oc4ccccc45)cc3)cc12. The van der Waals surface area contributed by atoms with Gasteiger partial charge in [-0.15, -0.1) is 0 Å². The zero-order valence-corrected chi connectivity index (χ0v) is 38.8. The Morgan fingerprint density at radius 3 is 1.34 bits per heavy atom. The number of hydrogen-bond acceptors (Lipinski definition) is 1. The lowest BCUT2D eigenvalue weighted by molar-refractivity contribution is 0.670. The Balaban J connectivity index is 0.951. The Kier molecular flexibility index (Phi) is 8.99. The van der Waals surface area contributed by atoms with Gasteiger partial charge in [-0.3, -0.25) is 0 Å². The van der Waals surface area contributed by atoms with Crippen molar-refractivity contribution in [3.63, 3.8) is 0 Å². The van der Waals surface area contributed by atoms with Crippen molar-refractivity contribution in [1.82, 2.24) is 13.7 Å². The Hall–Kier alpha value is -9.12. The number of benzene rings is 10. The van der Waals surface area contributed by atoms with Crippen LogP contribution in [0.1, 0.15) is 13.8 Å². The van der Waals surface area contributed by atoms with Gasteiger partial charge in [0.15, 0.2) is 0 Å². The van der Waals surface area contributed by atoms with Crippen LogP contribution in [0.25, 0.3) is 139 Å². The van der Waals surface area contributed by atoms with E-state index in [2.05, 4.69) is 252 Å². The van der Waals surface area contributed by atoms with Crippen molar-refractivity contribution in [2.75, 3.05) is 0 Å². The third-order valence-corrected chi connectivity index (χ3v) is 14.6. The largest absolute Gasteiger partial charge is 0.455 e. The van der Waals surface area contributed by atoms with Crippen LogP contribution in [-0.4, -0.2) is 13.7 Å². The summed E-state index contributed by atoms with van der Waals surface area (Å²) in [6.45, 7) is 4.28. The molecule has 330 valence electrons. The van der Waals surface area contributed by atoms with E-state index in [0.29, 0.717) is 0 Å². The first-order valence-electron chi connectivity index (χ1n) is 24.1. The first kappa shape index (κ1) is 40.0. The average Bonchev–Trinajstić information content (AvgIpc) is 4.17. The quantitative estimate of drug-likeness (QED) is 0.163. The Morgan fingerprint density at radius 1 is 0.314 bits per heavy atom. The van der Waals surface area contributed by atoms with Crippen molar-refractivity contribution in [3.05, 3.63) is 235 Å². The van der Waals surface area contributed by atoms with Gasteiger partial charge in [0.25, 0.3) is 0 Å². The molecule has 4 nitrogen and oxygen atoms in total. The smallest absolute Gasteiger partial charge is 0.143 e. The fraction of sp³-hybridized carbons (Fsp3) is 0.0303. The Morgan fingerprint density at radius 2 is 0.757 bits per heavy atom. The molecule has 0 N–H and O–H groups in total. The minimum atomic E-state index is 0.906. The molecule has 0 aliphatic rings. The number of aromatic nitrogens is 3. The molecule has 0 unspecified atom stereocenters. The molecule has 14 rings (SSSR count). The van der Waals surface area contributed by atoms with Gasteiger partial charge in [0.05, 0.1) is 27.6 Å². The predicted octanol–water partition coefficient (Wildman–Crippen LogP) is 16.3. The molecule has 0 aliphatic heterocycles. The zero-order valence-electron chi connectivity index (χ0n) is 38.8. The number of rotatable bonds is 6. The van der Waals surface area contributed by atoms with Gasteiger partial charge in [-0.1, -0.05) is 140 Å². The van der Waals surface area contributed by atoms with Crippen LogP contribution in [0.2, 0.25) is 0 Å². The first-order valence-corrected chi connectivity index (χ1v) is 24.1. The molecule has 0 amide bonds. The summed E-state index contributed by atoms with van der Waals surface area (Å²) in [7, 11) is 0. The summed E-state index contributed by atoms with van der Waals surface area (Å²) >= 11 is 0. The third kappa shape index (κ3) is 6.03. The van der Waals surface area contributed by atoms with Gasteiger partial charge < -0.3 is 18.1 Å². The maximum absolute atomic E-state index is 6.48. The molecule has 14 aromatic rings. The number of hydrogen-bond donors (Lipinski definition) is 0. The van der Waals surface area contributed by atoms with Gasteiger partial charge >= 0.3 is 0 Å². The predicted molar refractivity (Wildman–Crippen MR) is 295 cm³/mol. The van der Waals surface area contributed by atoms with Gasteiger partial charge in [-0.2, -0.15) is 0 Å². The summed E-state index contributed by atoms with van der Waals surface area (Å²) in [5.74, 6) is 0. The second kappa shape index (κ2) is 15.7. The molecule has 4 aromatic heterocycles. The van der Waals surface area contributed by atoms with Crippen molar-refractivity contribution >= 4 is 88.6 Å². The third-order valence-electron chi connectivity index (χ3n) is 14.6. The van der Waals surface area contributed by atoms with E-state index in [1.54, 1.807) is 0 Å². The van der Waals surface area contributed by atoms with Crippen molar-refractivity contribution in [3.8, 4) is 50.4 Å². The maximum atomic E-state index is 6.48. The minimum Gasteiger partial charge on any atom is -0.455 e. The number of fused-ring (bicyclic) bond motifs is 10. The molecule has 0 saturated heterocycles. The van der Waals surface area contributed by atoms with Crippen LogP contribution in [0.3, 0.4) is 0 Å². The highest BCUT2D eigenvalue weighted by Gasteiger charge is 2.19. The van der Waals surface area contributed by atoms with Crippen LogP contribution in [0.5, 0.6) is 0 Å². The molecule has 10 aromatic carbocycles. The van der Waals surface area contributed by atoms with E-state index in [9.17, 15) is 0 Å². The minimum absolute atomic E-state index is 0.906. The van der Waals surface area contributed by atoms with Gasteiger partial charge in [-0.25, -0.2) is 0 Å². The van der Waals surface area contributed by atoms with E-state index >= 15 is 0 Å². The first-order chi connectivity index (χ1) is 34.6. The van der Waals surface area contributed by atoms with Crippen LogP contribution >= 0.6 is 0 Å². The van der Waals surface area contributed by atoms with E-state index in [1.807, 2.05) is 12.1 Å². The summed E-state index contributed by atoms with van der Waals surface area (Å²) in [4.78, 5) is 0. The normalized spacial score (nSPS) is 12.6. The zero-order chi connectivity index (χ0) is 46.5. The number of furan rings is 1. The van der Waals surface area contributed by atoms with Gasteiger partial charge in [0.1, 0.15) is 11.2 Å². The molecule has 0 fully saturated rings. The molecular formula is C66H45N3O. The van der Waals surface area contributed by atoms with Crippen molar-refractivity contribution in [2.45, 2.75) is 13.8 Å². The molecule has 0 aliphatic carbocycles. The summed E-state index contributed by atoms with van der Waals surface area (Å²) in [6.07, 6.45) is 4.48. The van der Waals surface area contributed by atoms with Crippen LogP contribution < -0.4 is 10.6 Å². The molecule has 0 saturated carbocycles. The topological polar surface area (TPSA) is 27.9 Å². The lowest BCUT2D eigenvalue weighted by Gasteiger charge is -2.11. The second-order valence-corrected chi connectivity index (χ2v) is 18.3. The van der Waals surface area contributed by atoms with E-state index < -0.39 is 0 Å². The van der Waals surface area contributed by atoms with E-state index in [4.69, 9.17) is 4.42 Å². The molecule has 0 radical (unpaired) electrons. The maximum Gasteiger partial charge on any atom is 0.143 e. The van der Waals surface area contributed by atoms with Crippen molar-refractivity contribution in [2.24, 2.45) is 0 Å². The molecular weight excluding hydrogens is 851 g/mol. The number of nitrogens with zero attached hydrogens (tertiary/aromatic N) is 3. The van der Waals surface area contributed by atoms with E-state index in [-0.39, 0.29) is 0 Å². The van der Waals surface area contributed by atoms with Gasteiger partial charge in [-0.05, 0) is 139 Å². The molecule has 4 heterocycles. The van der Waals surface area contributed by atoms with Crippen LogP contribution in [0.4, 0.5) is 0 Å². The summed E-state index contributed by atoms with van der Waals surface area (Å²) in [6, 6.07) is 81.8. The fourth-order valence-electron chi connectivity index (χ4n) is 11.4. The van der Waals surface area contributed by atoms with E-state index in [1.165, 1.54) is 76.3 Å². The van der Waals surface area contributed by atoms with Crippen LogP contribution in [0, 0.1) is 0 Å². The molecule has 0 bridgehead atoms. The van der Waals surface area contributed by atoms with E-state index in [0.717, 1.165) is 61.2 Å². The van der Waals surface area contributed by atoms with Gasteiger partial charge in [0.2, 0.25) is 0 Å². The van der Waals surface area contributed by atoms with Crippen molar-refractivity contribution < 1.29 is 4.42 Å². The lowest BCUT2D eigenvalue weighted by atomic mass is 9.98. The van der Waals surface area contributed by atoms with Gasteiger partial charge in [0, 0.05) is 70.9 Å². The summed E-state index contributed by atoms with van der Waals surface area (Å²) < 4.78 is 13.7. The number of para-hydroxylation sites is 5. The monoisotopic (exact) mass is 895 g/mol. The summed E-state index contributed by atoms with van der Waals surface area (Å²) in [5, 5.41) is 10.9. The standard InChI is InChI=1S/C66H45N3O/c1-3-50-55-38-43(28-34-61(55)67(59(50)4-2)47-16-7-5-8-17-47)45-30-36-63-57(40-45)58-41-46(44-29-35-62-56(39-44)52-20-11-13-24-60(52)68(62)48-18-9-6-10-19-48)31-37-64(58)69(63)49-32-26-42(27-33-49)51-22-15-23-54-53-21-12-14-25-65(53)70-66(51)54/h3-41H,1-2H3/b50-3-,59-4+. The fourth-order valence-corrected chi connectivity index (χ4v) is 11.4. The van der Waals surface area contributed by atoms with Crippen molar-refractivity contribution in [1.29, 1.82) is 0 Å². The molecule has 70 heavy (non-hydrogen) atoms. The molecule has 0 atom stereocenters. The lowest BCUT2D eigenvalue weighted by Crippen LogP contribution is -2.27. The molecule has 0 spiro atoms. The Bertz CT molecular complexity index is 4530. The van der Waals surface area contributed by atoms with Crippen LogP contribution in [-0.2, 0) is 0 Å². The summed E-state index contributed by atoms with van der Waals surface area (Å²) in [5.41, 5.74) is 18.1. The highest BCUT2D eigenvalue weighted by molar-refractivity contribution is 6.14.